The molecular weight excluding hydrogens is 207 g/mol. The highest BCUT2D eigenvalue weighted by Gasteiger charge is 2.11. The van der Waals surface area contributed by atoms with Crippen LogP contribution in [0.15, 0.2) is 18.2 Å². The molecule has 16 heavy (non-hydrogen) atoms. The molecule has 4 heteroatoms. The van der Waals surface area contributed by atoms with Gasteiger partial charge in [0.25, 0.3) is 0 Å². The Morgan fingerprint density at radius 2 is 2.12 bits per heavy atom. The van der Waals surface area contributed by atoms with E-state index in [-0.39, 0.29) is 17.8 Å². The molecule has 88 valence electrons. The molecule has 2 N–H and O–H groups in total. The summed E-state index contributed by atoms with van der Waals surface area (Å²) in [5.41, 5.74) is 1.45. The standard InChI is InChI=1S/C12H17FN2O/c1-4-14-12(16)9(3)15-11-6-8(2)5-10(13)7-11/h5-7,9,15H,4H2,1-3H3,(H,14,16). The molecule has 1 aromatic rings. The molecular formula is C12H17FN2O. The van der Waals surface area contributed by atoms with Crippen molar-refractivity contribution < 1.29 is 9.18 Å². The Morgan fingerprint density at radius 1 is 1.44 bits per heavy atom. The van der Waals surface area contributed by atoms with Crippen LogP contribution in [0.5, 0.6) is 0 Å². The SMILES string of the molecule is CCNC(=O)C(C)Nc1cc(C)cc(F)c1. The number of anilines is 1. The van der Waals surface area contributed by atoms with Crippen LogP contribution in [0.1, 0.15) is 19.4 Å². The van der Waals surface area contributed by atoms with Crippen LogP contribution < -0.4 is 10.6 Å². The molecule has 0 aliphatic heterocycles. The second-order valence-corrected chi connectivity index (χ2v) is 3.78. The van der Waals surface area contributed by atoms with Crippen LogP contribution in [-0.2, 0) is 4.79 Å². The predicted octanol–water partition coefficient (Wildman–Crippen LogP) is 2.07. The summed E-state index contributed by atoms with van der Waals surface area (Å²) in [5.74, 6) is -0.394. The first kappa shape index (κ1) is 12.5. The van der Waals surface area contributed by atoms with Gasteiger partial charge < -0.3 is 10.6 Å². The normalized spacial score (nSPS) is 12.0. The van der Waals surface area contributed by atoms with Crippen molar-refractivity contribution in [2.24, 2.45) is 0 Å². The number of amides is 1. The van der Waals surface area contributed by atoms with E-state index in [2.05, 4.69) is 10.6 Å². The Hall–Kier alpha value is -1.58. The number of benzene rings is 1. The lowest BCUT2D eigenvalue weighted by molar-refractivity contribution is -0.121. The van der Waals surface area contributed by atoms with Crippen LogP contribution in [-0.4, -0.2) is 18.5 Å². The number of carbonyl (C=O) groups excluding carboxylic acids is 1. The van der Waals surface area contributed by atoms with Gasteiger partial charge in [0.2, 0.25) is 5.91 Å². The number of nitrogens with one attached hydrogen (secondary N) is 2. The maximum atomic E-state index is 13.1. The van der Waals surface area contributed by atoms with Gasteiger partial charge in [0.05, 0.1) is 0 Å². The number of aryl methyl sites for hydroxylation is 1. The number of hydrogen-bond acceptors (Lipinski definition) is 2. The van der Waals surface area contributed by atoms with E-state index in [1.54, 1.807) is 13.0 Å². The van der Waals surface area contributed by atoms with E-state index in [9.17, 15) is 9.18 Å². The number of halogens is 1. The fourth-order valence-electron chi connectivity index (χ4n) is 1.46. The van der Waals surface area contributed by atoms with E-state index < -0.39 is 0 Å². The van der Waals surface area contributed by atoms with Gasteiger partial charge in [-0.15, -0.1) is 0 Å². The molecule has 3 nitrogen and oxygen atoms in total. The Bertz CT molecular complexity index is 359. The molecule has 0 aliphatic rings. The second-order valence-electron chi connectivity index (χ2n) is 3.78. The van der Waals surface area contributed by atoms with Crippen LogP contribution in [0.4, 0.5) is 10.1 Å². The predicted molar refractivity (Wildman–Crippen MR) is 62.9 cm³/mol. The van der Waals surface area contributed by atoms with Crippen molar-refractivity contribution in [2.75, 3.05) is 11.9 Å². The quantitative estimate of drug-likeness (QED) is 0.822. The molecule has 0 aliphatic carbocycles. The van der Waals surface area contributed by atoms with Crippen LogP contribution >= 0.6 is 0 Å². The number of hydrogen-bond donors (Lipinski definition) is 2. The third-order valence-corrected chi connectivity index (χ3v) is 2.17. The molecule has 0 aromatic heterocycles. The van der Waals surface area contributed by atoms with Gasteiger partial charge in [0.1, 0.15) is 11.9 Å². The first-order chi connectivity index (χ1) is 7.52. The summed E-state index contributed by atoms with van der Waals surface area (Å²) in [5, 5.41) is 5.66. The monoisotopic (exact) mass is 224 g/mol. The molecule has 1 rings (SSSR count). The van der Waals surface area contributed by atoms with Crippen molar-refractivity contribution in [1.29, 1.82) is 0 Å². The van der Waals surface area contributed by atoms with Crippen molar-refractivity contribution in [3.63, 3.8) is 0 Å². The number of carbonyl (C=O) groups is 1. The van der Waals surface area contributed by atoms with Crippen LogP contribution in [0.25, 0.3) is 0 Å². The van der Waals surface area contributed by atoms with E-state index in [0.717, 1.165) is 5.56 Å². The summed E-state index contributed by atoms with van der Waals surface area (Å²) in [4.78, 5) is 11.4. The topological polar surface area (TPSA) is 41.1 Å². The van der Waals surface area contributed by atoms with Gasteiger partial charge in [-0.05, 0) is 44.5 Å². The molecule has 0 radical (unpaired) electrons. The minimum atomic E-state index is -0.374. The van der Waals surface area contributed by atoms with E-state index in [1.807, 2.05) is 13.8 Å². The zero-order valence-corrected chi connectivity index (χ0v) is 9.80. The molecule has 1 atom stereocenters. The van der Waals surface area contributed by atoms with Gasteiger partial charge in [-0.2, -0.15) is 0 Å². The maximum absolute atomic E-state index is 13.1. The fraction of sp³-hybridized carbons (Fsp3) is 0.417. The third-order valence-electron chi connectivity index (χ3n) is 2.17. The molecule has 1 aromatic carbocycles. The Kier molecular flexibility index (Phi) is 4.28. The smallest absolute Gasteiger partial charge is 0.242 e. The zero-order valence-electron chi connectivity index (χ0n) is 9.80. The minimum absolute atomic E-state index is 0.0931. The van der Waals surface area contributed by atoms with Crippen molar-refractivity contribution in [2.45, 2.75) is 26.8 Å². The molecule has 0 saturated heterocycles. The Balaban J connectivity index is 2.69. The summed E-state index contributed by atoms with van der Waals surface area (Å²) < 4.78 is 13.1. The van der Waals surface area contributed by atoms with Gasteiger partial charge >= 0.3 is 0 Å². The first-order valence-corrected chi connectivity index (χ1v) is 5.34. The Morgan fingerprint density at radius 3 is 2.69 bits per heavy atom. The highest BCUT2D eigenvalue weighted by atomic mass is 19.1. The summed E-state index contributed by atoms with van der Waals surface area (Å²) in [6.45, 7) is 6.00. The number of likely N-dealkylation sites (N-methyl/N-ethyl adjacent to an activating group) is 1. The minimum Gasteiger partial charge on any atom is -0.374 e. The van der Waals surface area contributed by atoms with E-state index in [0.29, 0.717) is 12.2 Å². The summed E-state index contributed by atoms with van der Waals surface area (Å²) in [7, 11) is 0. The lowest BCUT2D eigenvalue weighted by Gasteiger charge is -2.15. The van der Waals surface area contributed by atoms with Crippen LogP contribution in [0, 0.1) is 12.7 Å². The molecule has 0 heterocycles. The Labute approximate surface area is 95.0 Å². The molecule has 0 bridgehead atoms. The summed E-state index contributed by atoms with van der Waals surface area (Å²) >= 11 is 0. The van der Waals surface area contributed by atoms with Crippen molar-refractivity contribution in [3.8, 4) is 0 Å². The third kappa shape index (κ3) is 3.53. The highest BCUT2D eigenvalue weighted by molar-refractivity contribution is 5.84. The van der Waals surface area contributed by atoms with Crippen LogP contribution in [0.2, 0.25) is 0 Å². The molecule has 0 spiro atoms. The molecule has 0 saturated carbocycles. The lowest BCUT2D eigenvalue weighted by Crippen LogP contribution is -2.37. The van der Waals surface area contributed by atoms with E-state index >= 15 is 0 Å². The van der Waals surface area contributed by atoms with Crippen LogP contribution in [0.3, 0.4) is 0 Å². The van der Waals surface area contributed by atoms with Gasteiger partial charge in [0, 0.05) is 12.2 Å². The van der Waals surface area contributed by atoms with Crippen molar-refractivity contribution in [1.82, 2.24) is 5.32 Å². The van der Waals surface area contributed by atoms with Crippen molar-refractivity contribution >= 4 is 11.6 Å². The number of rotatable bonds is 4. The lowest BCUT2D eigenvalue weighted by atomic mass is 10.2. The largest absolute Gasteiger partial charge is 0.374 e. The highest BCUT2D eigenvalue weighted by Crippen LogP contribution is 2.14. The zero-order chi connectivity index (χ0) is 12.1. The summed E-state index contributed by atoms with van der Waals surface area (Å²) in [6, 6.07) is 4.25. The average molecular weight is 224 g/mol. The first-order valence-electron chi connectivity index (χ1n) is 5.34. The summed E-state index contributed by atoms with van der Waals surface area (Å²) in [6.07, 6.45) is 0. The molecule has 1 unspecified atom stereocenters. The van der Waals surface area contributed by atoms with Gasteiger partial charge in [-0.1, -0.05) is 0 Å². The maximum Gasteiger partial charge on any atom is 0.242 e. The van der Waals surface area contributed by atoms with Crippen molar-refractivity contribution in [3.05, 3.63) is 29.6 Å². The van der Waals surface area contributed by atoms with E-state index in [4.69, 9.17) is 0 Å². The fourth-order valence-corrected chi connectivity index (χ4v) is 1.46. The van der Waals surface area contributed by atoms with Gasteiger partial charge in [0.15, 0.2) is 0 Å². The average Bonchev–Trinajstić information content (AvgIpc) is 2.16. The van der Waals surface area contributed by atoms with E-state index in [1.165, 1.54) is 12.1 Å². The second kappa shape index (κ2) is 5.49. The van der Waals surface area contributed by atoms with Gasteiger partial charge in [-0.3, -0.25) is 4.79 Å². The van der Waals surface area contributed by atoms with Gasteiger partial charge in [-0.25, -0.2) is 4.39 Å². The molecule has 1 amide bonds. The molecule has 0 fully saturated rings.